The summed E-state index contributed by atoms with van der Waals surface area (Å²) in [6, 6.07) is 16.8. The Hall–Kier alpha value is -2.82. The van der Waals surface area contributed by atoms with Crippen LogP contribution in [0.5, 0.6) is 5.75 Å². The summed E-state index contributed by atoms with van der Waals surface area (Å²) in [5, 5.41) is 0. The van der Waals surface area contributed by atoms with Crippen LogP contribution in [0.15, 0.2) is 48.5 Å². The summed E-state index contributed by atoms with van der Waals surface area (Å²) in [6.45, 7) is 5.69. The van der Waals surface area contributed by atoms with Crippen molar-refractivity contribution in [2.45, 2.75) is 77.6 Å². The molecule has 5 unspecified atom stereocenters. The highest BCUT2D eigenvalue weighted by Crippen LogP contribution is 2.62. The van der Waals surface area contributed by atoms with Crippen LogP contribution in [0, 0.1) is 17.3 Å². The Morgan fingerprint density at radius 3 is 2.50 bits per heavy atom. The van der Waals surface area contributed by atoms with Crippen LogP contribution in [-0.2, 0) is 32.1 Å². The van der Waals surface area contributed by atoms with E-state index in [2.05, 4.69) is 37.3 Å². The highest BCUT2D eigenvalue weighted by Gasteiger charge is 2.61. The fraction of sp³-hybridized carbons (Fsp3) is 0.517. The van der Waals surface area contributed by atoms with Crippen molar-refractivity contribution in [3.8, 4) is 5.75 Å². The number of esters is 2. The Balaban J connectivity index is 1.35. The van der Waals surface area contributed by atoms with Crippen LogP contribution in [0.1, 0.15) is 69.1 Å². The fourth-order valence-electron chi connectivity index (χ4n) is 7.05. The number of benzene rings is 2. The van der Waals surface area contributed by atoms with Gasteiger partial charge in [-0.1, -0.05) is 43.3 Å². The largest absolute Gasteiger partial charge is 0.489 e. The van der Waals surface area contributed by atoms with E-state index in [-0.39, 0.29) is 29.6 Å². The van der Waals surface area contributed by atoms with Gasteiger partial charge in [0.05, 0.1) is 0 Å². The molecular formula is C29H34O5. The molecule has 6 atom stereocenters. The van der Waals surface area contributed by atoms with Gasteiger partial charge in [-0.15, -0.1) is 0 Å². The zero-order valence-corrected chi connectivity index (χ0v) is 20.3. The highest BCUT2D eigenvalue weighted by molar-refractivity contribution is 5.67. The van der Waals surface area contributed by atoms with E-state index in [1.54, 1.807) is 0 Å². The standard InChI is InChI=1S/C29H34O5/c1-18(30)33-27-16-26-25-11-9-21-15-22(32-17-20-7-5-4-6-8-20)10-12-23(21)24(25)13-14-29(26,3)28(27)34-19(2)31/h4-8,10,12,15,24-28H,9,11,13-14,16-17H2,1-3H3/t24?,25?,26?,27-,28?,29?/m1/s1. The number of fused-ring (bicyclic) bond motifs is 5. The third-order valence-corrected chi connectivity index (χ3v) is 8.47. The van der Waals surface area contributed by atoms with E-state index in [1.165, 1.54) is 25.0 Å². The average Bonchev–Trinajstić information content (AvgIpc) is 3.08. The normalized spacial score (nSPS) is 31.6. The van der Waals surface area contributed by atoms with Gasteiger partial charge in [-0.05, 0) is 78.7 Å². The number of carbonyl (C=O) groups is 2. The van der Waals surface area contributed by atoms with Gasteiger partial charge in [-0.3, -0.25) is 9.59 Å². The minimum absolute atomic E-state index is 0.163. The minimum Gasteiger partial charge on any atom is -0.489 e. The molecule has 0 heterocycles. The SMILES string of the molecule is CC(=O)OC1[C@H](OC(C)=O)CC2C3CCc4cc(OCc5ccccc5)ccc4C3CCC21C. The van der Waals surface area contributed by atoms with Crippen molar-refractivity contribution < 1.29 is 23.8 Å². The Morgan fingerprint density at radius 1 is 1.00 bits per heavy atom. The maximum absolute atomic E-state index is 11.9. The van der Waals surface area contributed by atoms with Crippen molar-refractivity contribution in [3.05, 3.63) is 65.2 Å². The molecule has 3 aliphatic carbocycles. The first kappa shape index (κ1) is 22.9. The summed E-state index contributed by atoms with van der Waals surface area (Å²) in [4.78, 5) is 23.7. The van der Waals surface area contributed by atoms with E-state index in [9.17, 15) is 9.59 Å². The molecule has 3 aliphatic rings. The van der Waals surface area contributed by atoms with Crippen LogP contribution in [0.25, 0.3) is 0 Å². The lowest BCUT2D eigenvalue weighted by Gasteiger charge is -2.50. The molecule has 5 heteroatoms. The molecule has 0 N–H and O–H groups in total. The maximum Gasteiger partial charge on any atom is 0.303 e. The molecule has 180 valence electrons. The molecule has 0 aliphatic heterocycles. The third kappa shape index (κ3) is 4.21. The van der Waals surface area contributed by atoms with Crippen LogP contribution < -0.4 is 4.74 Å². The molecule has 0 spiro atoms. The lowest BCUT2D eigenvalue weighted by atomic mass is 9.55. The van der Waals surface area contributed by atoms with Crippen LogP contribution >= 0.6 is 0 Å². The molecule has 34 heavy (non-hydrogen) atoms. The van der Waals surface area contributed by atoms with E-state index in [0.29, 0.717) is 24.4 Å². The van der Waals surface area contributed by atoms with Crippen molar-refractivity contribution in [2.24, 2.45) is 17.3 Å². The smallest absolute Gasteiger partial charge is 0.303 e. The summed E-state index contributed by atoms with van der Waals surface area (Å²) in [5.74, 6) is 1.66. The molecule has 0 radical (unpaired) electrons. The number of rotatable bonds is 5. The summed E-state index contributed by atoms with van der Waals surface area (Å²) < 4.78 is 17.6. The maximum atomic E-state index is 11.9. The molecule has 0 bridgehead atoms. The predicted octanol–water partition coefficient (Wildman–Crippen LogP) is 5.60. The Bertz CT molecular complexity index is 1060. The van der Waals surface area contributed by atoms with Crippen LogP contribution in [0.2, 0.25) is 0 Å². The number of hydrogen-bond acceptors (Lipinski definition) is 5. The van der Waals surface area contributed by atoms with E-state index >= 15 is 0 Å². The summed E-state index contributed by atoms with van der Waals surface area (Å²) in [6.07, 6.45) is 4.17. The summed E-state index contributed by atoms with van der Waals surface area (Å²) in [5.41, 5.74) is 3.83. The molecule has 5 nitrogen and oxygen atoms in total. The zero-order valence-electron chi connectivity index (χ0n) is 20.3. The van der Waals surface area contributed by atoms with Gasteiger partial charge >= 0.3 is 11.9 Å². The number of hydrogen-bond donors (Lipinski definition) is 0. The first-order valence-corrected chi connectivity index (χ1v) is 12.5. The second-order valence-corrected chi connectivity index (χ2v) is 10.5. The average molecular weight is 463 g/mol. The van der Waals surface area contributed by atoms with E-state index in [1.807, 2.05) is 18.2 Å². The van der Waals surface area contributed by atoms with Crippen LogP contribution in [0.4, 0.5) is 0 Å². The number of carbonyl (C=O) groups excluding carboxylic acids is 2. The molecule has 2 aromatic carbocycles. The van der Waals surface area contributed by atoms with Gasteiger partial charge in [-0.2, -0.15) is 0 Å². The van der Waals surface area contributed by atoms with Crippen molar-refractivity contribution >= 4 is 11.9 Å². The van der Waals surface area contributed by atoms with Crippen molar-refractivity contribution in [2.75, 3.05) is 0 Å². The molecular weight excluding hydrogens is 428 g/mol. The third-order valence-electron chi connectivity index (χ3n) is 8.47. The molecule has 2 aromatic rings. The van der Waals surface area contributed by atoms with Crippen LogP contribution in [-0.4, -0.2) is 24.1 Å². The van der Waals surface area contributed by atoms with E-state index in [4.69, 9.17) is 14.2 Å². The van der Waals surface area contributed by atoms with Gasteiger partial charge in [0, 0.05) is 19.3 Å². The van der Waals surface area contributed by atoms with Gasteiger partial charge in [-0.25, -0.2) is 0 Å². The summed E-state index contributed by atoms with van der Waals surface area (Å²) >= 11 is 0. The van der Waals surface area contributed by atoms with Crippen LogP contribution in [0.3, 0.4) is 0 Å². The Labute approximate surface area is 201 Å². The first-order valence-electron chi connectivity index (χ1n) is 12.5. The van der Waals surface area contributed by atoms with E-state index < -0.39 is 0 Å². The van der Waals surface area contributed by atoms with Gasteiger partial charge in [0.1, 0.15) is 24.6 Å². The number of ether oxygens (including phenoxy) is 3. The second-order valence-electron chi connectivity index (χ2n) is 10.5. The predicted molar refractivity (Wildman–Crippen MR) is 128 cm³/mol. The van der Waals surface area contributed by atoms with Crippen molar-refractivity contribution in [3.63, 3.8) is 0 Å². The highest BCUT2D eigenvalue weighted by atomic mass is 16.6. The van der Waals surface area contributed by atoms with E-state index in [0.717, 1.165) is 43.4 Å². The minimum atomic E-state index is -0.366. The summed E-state index contributed by atoms with van der Waals surface area (Å²) in [7, 11) is 0. The number of aryl methyl sites for hydroxylation is 1. The lowest BCUT2D eigenvalue weighted by molar-refractivity contribution is -0.171. The van der Waals surface area contributed by atoms with Gasteiger partial charge in [0.15, 0.2) is 0 Å². The fourth-order valence-corrected chi connectivity index (χ4v) is 7.05. The Kier molecular flexibility index (Phi) is 6.13. The molecule has 2 fully saturated rings. The molecule has 0 aromatic heterocycles. The second kappa shape index (κ2) is 9.09. The van der Waals surface area contributed by atoms with Crippen molar-refractivity contribution in [1.29, 1.82) is 0 Å². The quantitative estimate of drug-likeness (QED) is 0.542. The van der Waals surface area contributed by atoms with Gasteiger partial charge < -0.3 is 14.2 Å². The Morgan fingerprint density at radius 2 is 1.76 bits per heavy atom. The first-order chi connectivity index (χ1) is 16.3. The zero-order chi connectivity index (χ0) is 23.9. The lowest BCUT2D eigenvalue weighted by Crippen LogP contribution is -2.46. The van der Waals surface area contributed by atoms with Crippen molar-refractivity contribution in [1.82, 2.24) is 0 Å². The molecule has 5 rings (SSSR count). The van der Waals surface area contributed by atoms with Gasteiger partial charge in [0.25, 0.3) is 0 Å². The van der Waals surface area contributed by atoms with Gasteiger partial charge in [0.2, 0.25) is 0 Å². The molecule has 2 saturated carbocycles. The molecule has 0 amide bonds. The topological polar surface area (TPSA) is 61.8 Å². The molecule has 0 saturated heterocycles. The monoisotopic (exact) mass is 462 g/mol.